The first-order chi connectivity index (χ1) is 8.02. The van der Waals surface area contributed by atoms with Crippen LogP contribution in [0.15, 0.2) is 35.5 Å². The van der Waals surface area contributed by atoms with Gasteiger partial charge in [-0.25, -0.2) is 0 Å². The van der Waals surface area contributed by atoms with Crippen molar-refractivity contribution in [3.05, 3.63) is 35.5 Å². The molecule has 1 N–H and O–H groups in total. The van der Waals surface area contributed by atoms with Crippen LogP contribution in [0.25, 0.3) is 0 Å². The van der Waals surface area contributed by atoms with Crippen molar-refractivity contribution in [2.75, 3.05) is 24.3 Å². The lowest BCUT2D eigenvalue weighted by atomic mass is 10.1. The van der Waals surface area contributed by atoms with E-state index in [1.54, 1.807) is 5.57 Å². The van der Waals surface area contributed by atoms with Crippen LogP contribution in [0.2, 0.25) is 0 Å². The van der Waals surface area contributed by atoms with Crippen LogP contribution >= 0.6 is 0 Å². The highest BCUT2D eigenvalue weighted by atomic mass is 15.1. The molecule has 0 spiro atoms. The number of allylic oxidation sites excluding steroid dienone is 2. The number of hydrogen-bond acceptors (Lipinski definition) is 2. The lowest BCUT2D eigenvalue weighted by Crippen LogP contribution is -2.11. The maximum atomic E-state index is 3.58. The van der Waals surface area contributed by atoms with Gasteiger partial charge in [-0.15, -0.1) is 0 Å². The highest BCUT2D eigenvalue weighted by molar-refractivity contribution is 5.73. The second-order valence-electron chi connectivity index (χ2n) is 5.28. The van der Waals surface area contributed by atoms with Crippen molar-refractivity contribution in [1.82, 2.24) is 0 Å². The third-order valence-corrected chi connectivity index (χ3v) is 3.40. The number of nitrogens with zero attached hydrogens (tertiary/aromatic N) is 1. The minimum absolute atomic E-state index is 0.630. The zero-order valence-corrected chi connectivity index (χ0v) is 11.4. The predicted molar refractivity (Wildman–Crippen MR) is 75.4 cm³/mol. The van der Waals surface area contributed by atoms with Gasteiger partial charge in [0, 0.05) is 25.7 Å². The number of hydrogen-bond donors (Lipinski definition) is 1. The summed E-state index contributed by atoms with van der Waals surface area (Å²) in [4.78, 5) is 2.14. The summed E-state index contributed by atoms with van der Waals surface area (Å²) < 4.78 is 0. The fourth-order valence-corrected chi connectivity index (χ4v) is 2.46. The van der Waals surface area contributed by atoms with E-state index in [1.165, 1.54) is 17.1 Å². The summed E-state index contributed by atoms with van der Waals surface area (Å²) in [5.41, 5.74) is 5.42. The van der Waals surface area contributed by atoms with Crippen molar-refractivity contribution in [2.24, 2.45) is 11.8 Å². The maximum Gasteiger partial charge on any atom is 0.0619 e. The van der Waals surface area contributed by atoms with Gasteiger partial charge >= 0.3 is 0 Å². The summed E-state index contributed by atoms with van der Waals surface area (Å²) in [6.07, 6.45) is 0. The fraction of sp³-hybridized carbons (Fsp3) is 0.467. The summed E-state index contributed by atoms with van der Waals surface area (Å²) in [6, 6.07) is 8.45. The molecular formula is C15H22N2. The lowest BCUT2D eigenvalue weighted by molar-refractivity contribution is 0.750. The minimum Gasteiger partial charge on any atom is -0.376 e. The van der Waals surface area contributed by atoms with E-state index in [1.807, 2.05) is 0 Å². The van der Waals surface area contributed by atoms with E-state index in [-0.39, 0.29) is 0 Å². The molecule has 1 aromatic carbocycles. The molecule has 1 unspecified atom stereocenters. The van der Waals surface area contributed by atoms with Crippen LogP contribution in [0.4, 0.5) is 11.4 Å². The Bertz CT molecular complexity index is 444. The van der Waals surface area contributed by atoms with Crippen molar-refractivity contribution >= 4 is 11.4 Å². The molecule has 1 aliphatic carbocycles. The minimum atomic E-state index is 0.630. The third kappa shape index (κ3) is 2.31. The van der Waals surface area contributed by atoms with Gasteiger partial charge in [0.1, 0.15) is 0 Å². The van der Waals surface area contributed by atoms with Crippen LogP contribution in [0, 0.1) is 11.8 Å². The Morgan fingerprint density at radius 1 is 1.18 bits per heavy atom. The molecule has 0 aromatic heterocycles. The first-order valence-corrected chi connectivity index (χ1v) is 6.29. The second-order valence-corrected chi connectivity index (χ2v) is 5.28. The van der Waals surface area contributed by atoms with E-state index in [0.717, 1.165) is 0 Å². The first kappa shape index (κ1) is 12.0. The molecule has 0 bridgehead atoms. The molecule has 2 rings (SSSR count). The molecule has 0 radical (unpaired) electrons. The summed E-state index contributed by atoms with van der Waals surface area (Å²) in [5.74, 6) is 1.28. The number of anilines is 2. The summed E-state index contributed by atoms with van der Waals surface area (Å²) in [7, 11) is 4.16. The fourth-order valence-electron chi connectivity index (χ4n) is 2.46. The Labute approximate surface area is 104 Å². The molecule has 0 saturated carbocycles. The van der Waals surface area contributed by atoms with Crippen LogP contribution in [-0.2, 0) is 0 Å². The number of benzene rings is 1. The number of para-hydroxylation sites is 2. The van der Waals surface area contributed by atoms with Crippen molar-refractivity contribution in [1.29, 1.82) is 0 Å². The van der Waals surface area contributed by atoms with Gasteiger partial charge in [0.05, 0.1) is 11.4 Å². The highest BCUT2D eigenvalue weighted by Crippen LogP contribution is 2.44. The smallest absolute Gasteiger partial charge is 0.0619 e. The monoisotopic (exact) mass is 230 g/mol. The molecule has 0 amide bonds. The molecule has 0 saturated heterocycles. The summed E-state index contributed by atoms with van der Waals surface area (Å²) >= 11 is 0. The molecular weight excluding hydrogens is 208 g/mol. The largest absolute Gasteiger partial charge is 0.376 e. The van der Waals surface area contributed by atoms with Crippen molar-refractivity contribution in [2.45, 2.75) is 20.8 Å². The molecule has 92 valence electrons. The Balaban J connectivity index is 2.21. The van der Waals surface area contributed by atoms with Gasteiger partial charge in [0.2, 0.25) is 0 Å². The molecule has 1 aliphatic rings. The van der Waals surface area contributed by atoms with E-state index < -0.39 is 0 Å². The molecule has 2 nitrogen and oxygen atoms in total. The van der Waals surface area contributed by atoms with Crippen LogP contribution < -0.4 is 10.2 Å². The van der Waals surface area contributed by atoms with E-state index in [4.69, 9.17) is 0 Å². The average Bonchev–Trinajstić information content (AvgIpc) is 2.89. The topological polar surface area (TPSA) is 15.3 Å². The van der Waals surface area contributed by atoms with Crippen LogP contribution in [0.5, 0.6) is 0 Å². The van der Waals surface area contributed by atoms with E-state index in [2.05, 4.69) is 69.3 Å². The standard InChI is InChI=1S/C15H22N2/c1-10(2)14-11(3)15(14)16-12-8-6-7-9-13(12)17(4)5/h6-11,16H,1-5H3. The van der Waals surface area contributed by atoms with Gasteiger partial charge in [-0.1, -0.05) is 32.9 Å². The normalized spacial score (nSPS) is 18.6. The molecule has 0 heterocycles. The second kappa shape index (κ2) is 4.44. The summed E-state index contributed by atoms with van der Waals surface area (Å²) in [5, 5.41) is 3.58. The van der Waals surface area contributed by atoms with Gasteiger partial charge in [0.15, 0.2) is 0 Å². The van der Waals surface area contributed by atoms with E-state index >= 15 is 0 Å². The van der Waals surface area contributed by atoms with Gasteiger partial charge in [-0.2, -0.15) is 0 Å². The predicted octanol–water partition coefficient (Wildman–Crippen LogP) is 3.72. The van der Waals surface area contributed by atoms with Gasteiger partial charge in [-0.3, -0.25) is 0 Å². The SMILES string of the molecule is CC(C)C1=C(Nc2ccccc2N(C)C)C1C. The zero-order valence-electron chi connectivity index (χ0n) is 11.4. The molecule has 0 fully saturated rings. The van der Waals surface area contributed by atoms with Crippen LogP contribution in [0.1, 0.15) is 20.8 Å². The van der Waals surface area contributed by atoms with Crippen LogP contribution in [-0.4, -0.2) is 14.1 Å². The average molecular weight is 230 g/mol. The van der Waals surface area contributed by atoms with Gasteiger partial charge < -0.3 is 10.2 Å². The van der Waals surface area contributed by atoms with Crippen LogP contribution in [0.3, 0.4) is 0 Å². The molecule has 1 atom stereocenters. The lowest BCUT2D eigenvalue weighted by Gasteiger charge is -2.17. The maximum absolute atomic E-state index is 3.58. The van der Waals surface area contributed by atoms with Gasteiger partial charge in [0.25, 0.3) is 0 Å². The zero-order chi connectivity index (χ0) is 12.6. The van der Waals surface area contributed by atoms with Crippen molar-refractivity contribution in [3.8, 4) is 0 Å². The molecule has 17 heavy (non-hydrogen) atoms. The Hall–Kier alpha value is -1.44. The summed E-state index contributed by atoms with van der Waals surface area (Å²) in [6.45, 7) is 6.80. The Morgan fingerprint density at radius 3 is 2.35 bits per heavy atom. The molecule has 2 heteroatoms. The molecule has 1 aromatic rings. The van der Waals surface area contributed by atoms with Crippen molar-refractivity contribution in [3.63, 3.8) is 0 Å². The van der Waals surface area contributed by atoms with E-state index in [0.29, 0.717) is 11.8 Å². The first-order valence-electron chi connectivity index (χ1n) is 6.29. The van der Waals surface area contributed by atoms with Crippen molar-refractivity contribution < 1.29 is 0 Å². The Morgan fingerprint density at radius 2 is 1.82 bits per heavy atom. The van der Waals surface area contributed by atoms with E-state index in [9.17, 15) is 0 Å². The number of rotatable bonds is 4. The van der Waals surface area contributed by atoms with Gasteiger partial charge in [-0.05, 0) is 23.6 Å². The quantitative estimate of drug-likeness (QED) is 0.848. The molecule has 0 aliphatic heterocycles. The number of nitrogens with one attached hydrogen (secondary N) is 1. The highest BCUT2D eigenvalue weighted by Gasteiger charge is 2.34. The third-order valence-electron chi connectivity index (χ3n) is 3.40. The Kier molecular flexibility index (Phi) is 3.14.